The molecule has 0 unspecified atom stereocenters. The maximum absolute atomic E-state index is 14.9. The van der Waals surface area contributed by atoms with E-state index in [0.717, 1.165) is 80.6 Å². The minimum atomic E-state index is -1.00. The van der Waals surface area contributed by atoms with Crippen LogP contribution >= 0.6 is 11.5 Å². The van der Waals surface area contributed by atoms with E-state index in [2.05, 4.69) is 15.0 Å². The van der Waals surface area contributed by atoms with Crippen molar-refractivity contribution in [2.75, 3.05) is 10.6 Å². The lowest BCUT2D eigenvalue weighted by Gasteiger charge is -2.31. The molecule has 0 bridgehead atoms. The summed E-state index contributed by atoms with van der Waals surface area (Å²) in [5.41, 5.74) is 6.13. The normalized spacial score (nSPS) is 17.8. The molecule has 36 heavy (non-hydrogen) atoms. The van der Waals surface area contributed by atoms with Gasteiger partial charge in [-0.25, -0.2) is 4.39 Å². The number of aromatic nitrogens is 1. The van der Waals surface area contributed by atoms with Gasteiger partial charge in [-0.2, -0.15) is 4.37 Å². The molecule has 0 spiro atoms. The van der Waals surface area contributed by atoms with Crippen molar-refractivity contribution in [2.45, 2.75) is 89.3 Å². The number of hydrogen-bond acceptors (Lipinski definition) is 6. The van der Waals surface area contributed by atoms with E-state index in [0.29, 0.717) is 0 Å². The van der Waals surface area contributed by atoms with Gasteiger partial charge < -0.3 is 16.4 Å². The zero-order valence-electron chi connectivity index (χ0n) is 20.6. The Balaban J connectivity index is 1.58. The van der Waals surface area contributed by atoms with Crippen molar-refractivity contribution in [1.82, 2.24) is 15.0 Å². The fourth-order valence-electron chi connectivity index (χ4n) is 5.05. The van der Waals surface area contributed by atoms with Gasteiger partial charge in [0.25, 0.3) is 11.8 Å². The molecular formula is C26H34FN5O3S. The number of amides is 3. The molecule has 0 aliphatic heterocycles. The zero-order valence-corrected chi connectivity index (χ0v) is 21.4. The van der Waals surface area contributed by atoms with Gasteiger partial charge >= 0.3 is 0 Å². The Bertz CT molecular complexity index is 1090. The summed E-state index contributed by atoms with van der Waals surface area (Å²) < 4.78 is 19.0. The van der Waals surface area contributed by atoms with Crippen LogP contribution in [0.1, 0.15) is 91.3 Å². The molecule has 1 heterocycles. The molecule has 8 nitrogen and oxygen atoms in total. The first-order valence-electron chi connectivity index (χ1n) is 12.8. The van der Waals surface area contributed by atoms with Crippen molar-refractivity contribution in [3.63, 3.8) is 0 Å². The molecule has 1 aromatic heterocycles. The number of benzene rings is 1. The van der Waals surface area contributed by atoms with Crippen molar-refractivity contribution < 1.29 is 18.8 Å². The van der Waals surface area contributed by atoms with Gasteiger partial charge in [0.15, 0.2) is 5.69 Å². The van der Waals surface area contributed by atoms with E-state index in [1.54, 1.807) is 13.0 Å². The Labute approximate surface area is 215 Å². The molecule has 4 rings (SSSR count). The minimum Gasteiger partial charge on any atom is -0.395 e. The minimum absolute atomic E-state index is 0.00404. The first-order chi connectivity index (χ1) is 17.4. The average molecular weight is 516 g/mol. The number of carbonyl (C=O) groups excluding carboxylic acids is 3. The molecule has 194 valence electrons. The molecule has 0 radical (unpaired) electrons. The second kappa shape index (κ2) is 11.8. The summed E-state index contributed by atoms with van der Waals surface area (Å²) in [4.78, 5) is 40.8. The summed E-state index contributed by atoms with van der Waals surface area (Å²) in [5, 5.41) is 5.98. The van der Waals surface area contributed by atoms with Crippen molar-refractivity contribution in [2.24, 2.45) is 0 Å². The maximum Gasteiger partial charge on any atom is 0.273 e. The zero-order chi connectivity index (χ0) is 25.7. The number of rotatable bonds is 7. The number of anilines is 2. The Morgan fingerprint density at radius 2 is 1.58 bits per heavy atom. The van der Waals surface area contributed by atoms with E-state index in [4.69, 9.17) is 5.73 Å². The van der Waals surface area contributed by atoms with Gasteiger partial charge in [0.05, 0.1) is 11.4 Å². The van der Waals surface area contributed by atoms with E-state index < -0.39 is 23.7 Å². The Kier molecular flexibility index (Phi) is 8.56. The third kappa shape index (κ3) is 5.86. The van der Waals surface area contributed by atoms with Crippen LogP contribution in [0.2, 0.25) is 0 Å². The molecule has 4 N–H and O–H groups in total. The van der Waals surface area contributed by atoms with E-state index in [1.807, 2.05) is 0 Å². The van der Waals surface area contributed by atoms with E-state index >= 15 is 0 Å². The SMILES string of the molecule is C[C@H](C(=O)NC1CCCCC1)N(C(=O)c1snc(C(=O)NC2CCCCC2)c1N)c1ccccc1F. The lowest BCUT2D eigenvalue weighted by Crippen LogP contribution is -2.51. The predicted octanol–water partition coefficient (Wildman–Crippen LogP) is 4.41. The molecule has 2 aliphatic rings. The van der Waals surface area contributed by atoms with Gasteiger partial charge in [-0.05, 0) is 56.3 Å². The Morgan fingerprint density at radius 3 is 2.19 bits per heavy atom. The highest BCUT2D eigenvalue weighted by Crippen LogP contribution is 2.30. The van der Waals surface area contributed by atoms with Gasteiger partial charge in [0.1, 0.15) is 16.7 Å². The van der Waals surface area contributed by atoms with Crippen molar-refractivity contribution >= 4 is 40.6 Å². The standard InChI is InChI=1S/C26H34FN5O3S/c1-16(24(33)29-17-10-4-2-5-11-17)32(20-15-9-8-14-19(20)27)26(35)23-21(28)22(31-36-23)25(34)30-18-12-6-3-7-13-18/h8-9,14-18H,2-7,10-13,28H2,1H3,(H,29,33)(H,30,34)/t16-/m1/s1. The number of nitrogen functional groups attached to an aromatic ring is 1. The van der Waals surface area contributed by atoms with Crippen LogP contribution in [0.4, 0.5) is 15.8 Å². The summed E-state index contributed by atoms with van der Waals surface area (Å²) in [6.45, 7) is 1.57. The molecule has 3 amide bonds. The fourth-order valence-corrected chi connectivity index (χ4v) is 5.79. The number of hydrogen-bond donors (Lipinski definition) is 3. The largest absolute Gasteiger partial charge is 0.395 e. The summed E-state index contributed by atoms with van der Waals surface area (Å²) in [6.07, 6.45) is 10.1. The van der Waals surface area contributed by atoms with Gasteiger partial charge in [-0.3, -0.25) is 19.3 Å². The summed E-state index contributed by atoms with van der Waals surface area (Å²) >= 11 is 0.787. The third-order valence-electron chi connectivity index (χ3n) is 7.13. The summed E-state index contributed by atoms with van der Waals surface area (Å²) in [6, 6.07) is 4.90. The second-order valence-electron chi connectivity index (χ2n) is 9.73. The van der Waals surface area contributed by atoms with Gasteiger partial charge in [0.2, 0.25) is 5.91 Å². The summed E-state index contributed by atoms with van der Waals surface area (Å²) in [5.74, 6) is -2.09. The van der Waals surface area contributed by atoms with Crippen molar-refractivity contribution in [3.8, 4) is 0 Å². The number of nitrogens with zero attached hydrogens (tertiary/aromatic N) is 2. The molecule has 1 atom stereocenters. The number of nitrogens with one attached hydrogen (secondary N) is 2. The molecule has 0 saturated heterocycles. The molecule has 10 heteroatoms. The highest BCUT2D eigenvalue weighted by molar-refractivity contribution is 7.09. The first kappa shape index (κ1) is 26.1. The van der Waals surface area contributed by atoms with E-state index in [-0.39, 0.29) is 39.9 Å². The van der Waals surface area contributed by atoms with Crippen molar-refractivity contribution in [1.29, 1.82) is 0 Å². The average Bonchev–Trinajstić information content (AvgIpc) is 3.27. The number of para-hydroxylation sites is 1. The smallest absolute Gasteiger partial charge is 0.273 e. The predicted molar refractivity (Wildman–Crippen MR) is 139 cm³/mol. The summed E-state index contributed by atoms with van der Waals surface area (Å²) in [7, 11) is 0. The Morgan fingerprint density at radius 1 is 1.00 bits per heavy atom. The lowest BCUT2D eigenvalue weighted by molar-refractivity contribution is -0.122. The molecule has 1 aromatic carbocycles. The molecule has 2 aromatic rings. The quantitative estimate of drug-likeness (QED) is 0.505. The van der Waals surface area contributed by atoms with Crippen LogP contribution in [0.3, 0.4) is 0 Å². The second-order valence-corrected chi connectivity index (χ2v) is 10.5. The number of nitrogens with two attached hydrogens (primary N) is 1. The molecular weight excluding hydrogens is 481 g/mol. The van der Waals surface area contributed by atoms with E-state index in [1.165, 1.54) is 18.2 Å². The van der Waals surface area contributed by atoms with Crippen LogP contribution in [0.5, 0.6) is 0 Å². The topological polar surface area (TPSA) is 117 Å². The van der Waals surface area contributed by atoms with Crippen molar-refractivity contribution in [3.05, 3.63) is 40.7 Å². The number of carbonyl (C=O) groups is 3. The Hall–Kier alpha value is -3.01. The van der Waals surface area contributed by atoms with Gasteiger partial charge in [-0.15, -0.1) is 0 Å². The fraction of sp³-hybridized carbons (Fsp3) is 0.538. The van der Waals surface area contributed by atoms with Crippen LogP contribution in [0.25, 0.3) is 0 Å². The third-order valence-corrected chi connectivity index (χ3v) is 7.98. The van der Waals surface area contributed by atoms with Crippen LogP contribution in [0, 0.1) is 5.82 Å². The van der Waals surface area contributed by atoms with Crippen LogP contribution < -0.4 is 21.3 Å². The highest BCUT2D eigenvalue weighted by Gasteiger charge is 2.34. The van der Waals surface area contributed by atoms with Gasteiger partial charge in [0, 0.05) is 12.1 Å². The van der Waals surface area contributed by atoms with E-state index in [9.17, 15) is 18.8 Å². The van der Waals surface area contributed by atoms with Gasteiger partial charge in [-0.1, -0.05) is 50.7 Å². The van der Waals surface area contributed by atoms with Crippen LogP contribution in [-0.2, 0) is 4.79 Å². The first-order valence-corrected chi connectivity index (χ1v) is 13.6. The lowest BCUT2D eigenvalue weighted by atomic mass is 9.95. The molecule has 2 fully saturated rings. The van der Waals surface area contributed by atoms with Crippen LogP contribution in [0.15, 0.2) is 24.3 Å². The molecule has 2 saturated carbocycles. The highest BCUT2D eigenvalue weighted by atomic mass is 32.1. The number of halogens is 1. The maximum atomic E-state index is 14.9. The van der Waals surface area contributed by atoms with Crippen LogP contribution in [-0.4, -0.2) is 40.2 Å². The molecule has 2 aliphatic carbocycles. The monoisotopic (exact) mass is 515 g/mol.